The lowest BCUT2D eigenvalue weighted by Crippen LogP contribution is -2.33. The van der Waals surface area contributed by atoms with Crippen LogP contribution in [0.4, 0.5) is 4.39 Å². The van der Waals surface area contributed by atoms with Crippen molar-refractivity contribution in [2.24, 2.45) is 11.8 Å². The number of hydrogen-bond donors (Lipinski definition) is 0. The van der Waals surface area contributed by atoms with E-state index in [4.69, 9.17) is 4.74 Å². The summed E-state index contributed by atoms with van der Waals surface area (Å²) in [4.78, 5) is 2.59. The molecule has 1 saturated carbocycles. The molecule has 3 aromatic rings. The van der Waals surface area contributed by atoms with E-state index in [9.17, 15) is 4.39 Å². The molecular weight excluding hydrogens is 349 g/mol. The molecule has 3 atom stereocenters. The molecule has 0 spiro atoms. The Morgan fingerprint density at radius 2 is 1.75 bits per heavy atom. The normalized spacial score (nSPS) is 24.1. The Bertz CT molecular complexity index is 949. The van der Waals surface area contributed by atoms with Gasteiger partial charge in [0, 0.05) is 25.0 Å². The Kier molecular flexibility index (Phi) is 4.77. The fourth-order valence-electron chi connectivity index (χ4n) is 5.07. The zero-order valence-electron chi connectivity index (χ0n) is 16.1. The summed E-state index contributed by atoms with van der Waals surface area (Å²) >= 11 is 0. The van der Waals surface area contributed by atoms with E-state index >= 15 is 0 Å². The van der Waals surface area contributed by atoms with E-state index in [0.717, 1.165) is 37.2 Å². The molecule has 1 saturated heterocycles. The third kappa shape index (κ3) is 3.40. The molecule has 0 radical (unpaired) electrons. The molecule has 0 bridgehead atoms. The van der Waals surface area contributed by atoms with Crippen LogP contribution in [0.3, 0.4) is 0 Å². The van der Waals surface area contributed by atoms with Crippen LogP contribution < -0.4 is 4.74 Å². The molecule has 3 heteroatoms. The molecule has 0 aromatic heterocycles. The highest BCUT2D eigenvalue weighted by molar-refractivity contribution is 5.88. The standard InChI is InChI=1S/C25H26FNO/c26-21-11-9-19(10-12-21)23-15-20-16-27(17-24(20)23)13-4-14-28-25-8-3-6-18-5-1-2-7-22(18)25/h1-3,5-12,20,23-24H,4,13-17H2. The predicted octanol–water partition coefficient (Wildman–Crippen LogP) is 5.48. The summed E-state index contributed by atoms with van der Waals surface area (Å²) < 4.78 is 19.3. The second kappa shape index (κ2) is 7.56. The number of fused-ring (bicyclic) bond motifs is 2. The molecule has 28 heavy (non-hydrogen) atoms. The van der Waals surface area contributed by atoms with Crippen molar-refractivity contribution in [2.75, 3.05) is 26.2 Å². The number of benzene rings is 3. The molecule has 2 nitrogen and oxygen atoms in total. The van der Waals surface area contributed by atoms with E-state index in [1.807, 2.05) is 12.1 Å². The Labute approximate surface area is 165 Å². The third-order valence-electron chi connectivity index (χ3n) is 6.56. The van der Waals surface area contributed by atoms with Crippen LogP contribution in [0.2, 0.25) is 0 Å². The molecule has 3 aromatic carbocycles. The van der Waals surface area contributed by atoms with Crippen molar-refractivity contribution in [2.45, 2.75) is 18.8 Å². The van der Waals surface area contributed by atoms with Crippen molar-refractivity contribution < 1.29 is 9.13 Å². The molecule has 2 aliphatic rings. The fraction of sp³-hybridized carbons (Fsp3) is 0.360. The molecule has 3 unspecified atom stereocenters. The van der Waals surface area contributed by atoms with Crippen LogP contribution in [0.1, 0.15) is 24.3 Å². The largest absolute Gasteiger partial charge is 0.493 e. The summed E-state index contributed by atoms with van der Waals surface area (Å²) in [6.45, 7) is 4.22. The van der Waals surface area contributed by atoms with Gasteiger partial charge in [0.1, 0.15) is 11.6 Å². The van der Waals surface area contributed by atoms with E-state index in [1.54, 1.807) is 12.1 Å². The van der Waals surface area contributed by atoms with Crippen LogP contribution >= 0.6 is 0 Å². The molecule has 2 fully saturated rings. The molecular formula is C25H26FNO. The Balaban J connectivity index is 1.11. The van der Waals surface area contributed by atoms with Gasteiger partial charge in [-0.05, 0) is 59.7 Å². The van der Waals surface area contributed by atoms with Gasteiger partial charge in [-0.1, -0.05) is 48.5 Å². The smallest absolute Gasteiger partial charge is 0.127 e. The highest BCUT2D eigenvalue weighted by atomic mass is 19.1. The summed E-state index contributed by atoms with van der Waals surface area (Å²) in [5.74, 6) is 3.01. The molecule has 0 N–H and O–H groups in total. The monoisotopic (exact) mass is 375 g/mol. The minimum atomic E-state index is -0.140. The van der Waals surface area contributed by atoms with Crippen molar-refractivity contribution in [1.29, 1.82) is 0 Å². The van der Waals surface area contributed by atoms with Crippen molar-refractivity contribution in [1.82, 2.24) is 4.90 Å². The van der Waals surface area contributed by atoms with Gasteiger partial charge in [0.2, 0.25) is 0 Å². The number of halogens is 1. The molecule has 1 aliphatic carbocycles. The first kappa shape index (κ1) is 17.7. The van der Waals surface area contributed by atoms with E-state index in [2.05, 4.69) is 47.4 Å². The minimum absolute atomic E-state index is 0.140. The van der Waals surface area contributed by atoms with Crippen molar-refractivity contribution in [3.63, 3.8) is 0 Å². The first-order chi connectivity index (χ1) is 13.8. The van der Waals surface area contributed by atoms with Crippen LogP contribution in [-0.2, 0) is 0 Å². The summed E-state index contributed by atoms with van der Waals surface area (Å²) in [7, 11) is 0. The van der Waals surface area contributed by atoms with Gasteiger partial charge in [0.15, 0.2) is 0 Å². The van der Waals surface area contributed by atoms with Crippen molar-refractivity contribution >= 4 is 10.8 Å². The van der Waals surface area contributed by atoms with Gasteiger partial charge in [0.25, 0.3) is 0 Å². The van der Waals surface area contributed by atoms with Gasteiger partial charge in [-0.2, -0.15) is 0 Å². The Hall–Kier alpha value is -2.39. The second-order valence-corrected chi connectivity index (χ2v) is 8.26. The molecule has 144 valence electrons. The quantitative estimate of drug-likeness (QED) is 0.529. The first-order valence-corrected chi connectivity index (χ1v) is 10.4. The average Bonchev–Trinajstić information content (AvgIpc) is 3.03. The maximum absolute atomic E-state index is 13.2. The van der Waals surface area contributed by atoms with Gasteiger partial charge in [0.05, 0.1) is 6.61 Å². The molecule has 0 amide bonds. The summed E-state index contributed by atoms with van der Waals surface area (Å²) in [6, 6.07) is 21.8. The number of rotatable bonds is 6. The van der Waals surface area contributed by atoms with Crippen LogP contribution in [0.15, 0.2) is 66.7 Å². The van der Waals surface area contributed by atoms with Crippen LogP contribution in [-0.4, -0.2) is 31.1 Å². The van der Waals surface area contributed by atoms with Crippen LogP contribution in [0.5, 0.6) is 5.75 Å². The lowest BCUT2D eigenvalue weighted by atomic mass is 9.64. The van der Waals surface area contributed by atoms with Crippen LogP contribution in [0.25, 0.3) is 10.8 Å². The minimum Gasteiger partial charge on any atom is -0.493 e. The van der Waals surface area contributed by atoms with E-state index in [-0.39, 0.29) is 5.82 Å². The fourth-order valence-corrected chi connectivity index (χ4v) is 5.07. The van der Waals surface area contributed by atoms with Gasteiger partial charge < -0.3 is 9.64 Å². The highest BCUT2D eigenvalue weighted by Gasteiger charge is 2.47. The lowest BCUT2D eigenvalue weighted by molar-refractivity contribution is 0.191. The van der Waals surface area contributed by atoms with Crippen molar-refractivity contribution in [3.05, 3.63) is 78.1 Å². The summed E-state index contributed by atoms with van der Waals surface area (Å²) in [6.07, 6.45) is 2.29. The second-order valence-electron chi connectivity index (χ2n) is 8.26. The highest BCUT2D eigenvalue weighted by Crippen LogP contribution is 2.51. The van der Waals surface area contributed by atoms with E-state index in [1.165, 1.54) is 35.8 Å². The van der Waals surface area contributed by atoms with Gasteiger partial charge in [-0.3, -0.25) is 0 Å². The van der Waals surface area contributed by atoms with Gasteiger partial charge in [-0.25, -0.2) is 4.39 Å². The number of ether oxygens (including phenoxy) is 1. The Morgan fingerprint density at radius 3 is 2.64 bits per heavy atom. The molecule has 1 heterocycles. The Morgan fingerprint density at radius 1 is 0.929 bits per heavy atom. The summed E-state index contributed by atoms with van der Waals surface area (Å²) in [5.41, 5.74) is 1.31. The average molecular weight is 375 g/mol. The summed E-state index contributed by atoms with van der Waals surface area (Å²) in [5, 5.41) is 2.41. The SMILES string of the molecule is Fc1ccc(C2CC3CN(CCCOc4cccc5ccccc45)CC32)cc1. The number of hydrogen-bond acceptors (Lipinski definition) is 2. The van der Waals surface area contributed by atoms with E-state index in [0.29, 0.717) is 5.92 Å². The van der Waals surface area contributed by atoms with Gasteiger partial charge in [-0.15, -0.1) is 0 Å². The third-order valence-corrected chi connectivity index (χ3v) is 6.56. The first-order valence-electron chi connectivity index (χ1n) is 10.4. The number of likely N-dealkylation sites (tertiary alicyclic amines) is 1. The van der Waals surface area contributed by atoms with Crippen molar-refractivity contribution in [3.8, 4) is 5.75 Å². The molecule has 5 rings (SSSR count). The molecule has 1 aliphatic heterocycles. The zero-order chi connectivity index (χ0) is 18.9. The number of nitrogens with zero attached hydrogens (tertiary/aromatic N) is 1. The van der Waals surface area contributed by atoms with E-state index < -0.39 is 0 Å². The van der Waals surface area contributed by atoms with Crippen LogP contribution in [0, 0.1) is 17.7 Å². The maximum atomic E-state index is 13.2. The lowest BCUT2D eigenvalue weighted by Gasteiger charge is -2.40. The maximum Gasteiger partial charge on any atom is 0.127 e. The van der Waals surface area contributed by atoms with Gasteiger partial charge >= 0.3 is 0 Å². The topological polar surface area (TPSA) is 12.5 Å². The zero-order valence-corrected chi connectivity index (χ0v) is 16.1. The predicted molar refractivity (Wildman–Crippen MR) is 111 cm³/mol.